The molecule has 55 heteroatoms. The van der Waals surface area contributed by atoms with Crippen molar-refractivity contribution in [2.75, 3.05) is 82.4 Å². The molecule has 2 aromatic heterocycles. The van der Waals surface area contributed by atoms with Crippen molar-refractivity contribution < 1.29 is 92.3 Å². The SMILES string of the molecule is CC(C)C[C@H](NC(=O)[C@H](CCCNC(=N)N)NC(=O)[C@H](CCCNC(=N)N)NC(=O)CCNC(=O)CCNC(=O)CC[C@H](NC(=O)c1ccc(N(C)Cc2cnc3nc(N)nc(N)c3n2)cc1)C(=O)O)C(=O)N[C@@H](CO)C(=O)N[C@@H](Cc1ccc(O)cc1)C(=O)N[C@@H](CO)C(=O)N[C@@H](CCCNC(=N)N)C(=O)N[C@@H](CCCNC(=N)N)C(=O)N[C@@H](CCCNC(=N)N)C(=O)N[C@@H](Cc1ccccc1)C(N)=O. The fourth-order valence-electron chi connectivity index (χ4n) is 13.8. The van der Waals surface area contributed by atoms with Gasteiger partial charge in [-0.1, -0.05) is 56.3 Å². The van der Waals surface area contributed by atoms with Crippen molar-refractivity contribution in [1.29, 1.82) is 27.0 Å². The Labute approximate surface area is 810 Å². The summed E-state index contributed by atoms with van der Waals surface area (Å²) in [6, 6.07) is 2.29. The zero-order valence-corrected chi connectivity index (χ0v) is 78.4. The van der Waals surface area contributed by atoms with Gasteiger partial charge in [-0.25, -0.2) is 14.8 Å². The first-order valence-electron chi connectivity index (χ1n) is 45.1. The van der Waals surface area contributed by atoms with Crippen LogP contribution in [0, 0.1) is 33.0 Å². The van der Waals surface area contributed by atoms with Crippen molar-refractivity contribution in [3.8, 4) is 5.75 Å². The molecule has 770 valence electrons. The largest absolute Gasteiger partial charge is 0.508 e. The number of carboxylic acid groups (broad SMARTS) is 1. The first-order valence-corrected chi connectivity index (χ1v) is 45.1. The number of rotatable bonds is 63. The number of nitrogens with one attached hydrogen (secondary N) is 23. The standard InChI is InChI=1S/C86H132N36O19/c1-45(2)38-59(116-75(135)56(18-11-35-106-85(97)98)110-71(131)52(14-7-31-102-81(89)90)109-65(128)30-37-101-64(127)29-36-100-63(126)28-27-57(80(140)141)114-70(130)48-21-23-50(24-22-48)122(3)42-49-41-107-69-66(108-49)67(87)120-86(99)121-69)76(136)118-62(44-124)79(139)117-60(40-47-19-25-51(125)26-20-47)77(137)119-61(43-123)78(138)113-54(16-9-33-104-83(93)94)73(133)111-53(15-8-32-103-82(91)92)72(132)112-55(17-10-34-105-84(95)96)74(134)115-58(68(88)129)39-46-12-5-4-6-13-46/h4-6,12-13,19-26,41,45,52-62,123-125H,7-11,14-18,27-40,42-44H2,1-3H3,(H2,88,129)(H,100,126)(H,101,127)(H,109,128)(H,110,131)(H,111,133)(H,112,132)(H,113,138)(H,114,130)(H,115,134)(H,116,135)(H,117,139)(H,118,136)(H,119,137)(H,140,141)(H4,89,90,102)(H4,91,92,103)(H4,93,94,104)(H4,95,96,105)(H4,97,98,106)(H4,87,99,107,120,121)/t52-,53-,54-,55-,56-,57-,58-,59-,60-,61-,62-/m0/s1. The molecule has 0 spiro atoms. The van der Waals surface area contributed by atoms with E-state index in [4.69, 9.17) is 72.9 Å². The summed E-state index contributed by atoms with van der Waals surface area (Å²) in [4.78, 5) is 227. The summed E-state index contributed by atoms with van der Waals surface area (Å²) in [5, 5.41) is 125. The second-order valence-corrected chi connectivity index (χ2v) is 33.0. The van der Waals surface area contributed by atoms with E-state index in [0.717, 1.165) is 0 Å². The highest BCUT2D eigenvalue weighted by molar-refractivity contribution is 6.01. The number of aromatic hydroxyl groups is 1. The fraction of sp³-hybridized carbons (Fsp3) is 0.488. The fourth-order valence-corrected chi connectivity index (χ4v) is 13.8. The maximum Gasteiger partial charge on any atom is 0.326 e. The van der Waals surface area contributed by atoms with Crippen LogP contribution in [0.5, 0.6) is 5.75 Å². The van der Waals surface area contributed by atoms with Gasteiger partial charge >= 0.3 is 5.97 Å². The van der Waals surface area contributed by atoms with E-state index < -0.39 is 217 Å². The highest BCUT2D eigenvalue weighted by atomic mass is 16.4. The molecule has 0 fully saturated rings. The van der Waals surface area contributed by atoms with Gasteiger partial charge in [-0.3, -0.25) is 94.2 Å². The number of hydrogen-bond acceptors (Lipinski definition) is 30. The van der Waals surface area contributed by atoms with Gasteiger partial charge in [0, 0.05) is 96.2 Å². The van der Waals surface area contributed by atoms with Crippen molar-refractivity contribution in [2.45, 2.75) is 196 Å². The summed E-state index contributed by atoms with van der Waals surface area (Å²) < 4.78 is 0. The quantitative estimate of drug-likeness (QED) is 0.00976. The number of carboxylic acids is 1. The highest BCUT2D eigenvalue weighted by Gasteiger charge is 2.38. The molecular weight excluding hydrogens is 1840 g/mol. The van der Waals surface area contributed by atoms with Crippen LogP contribution in [0.1, 0.15) is 137 Å². The van der Waals surface area contributed by atoms with E-state index in [0.29, 0.717) is 16.9 Å². The minimum absolute atomic E-state index is 0.0172. The van der Waals surface area contributed by atoms with E-state index in [2.05, 4.69) is 116 Å². The third kappa shape index (κ3) is 43.7. The number of primary amides is 1. The molecule has 0 saturated heterocycles. The summed E-state index contributed by atoms with van der Waals surface area (Å²) in [5.74, 6) is -17.5. The number of anilines is 3. The highest BCUT2D eigenvalue weighted by Crippen LogP contribution is 2.21. The Morgan fingerprint density at radius 3 is 1.18 bits per heavy atom. The third-order valence-electron chi connectivity index (χ3n) is 21.1. The monoisotopic (exact) mass is 1970 g/mol. The van der Waals surface area contributed by atoms with Gasteiger partial charge in [0.05, 0.1) is 31.6 Å². The third-order valence-corrected chi connectivity index (χ3v) is 21.1. The number of amides is 14. The van der Waals surface area contributed by atoms with Gasteiger partial charge in [0.25, 0.3) is 5.91 Å². The van der Waals surface area contributed by atoms with Gasteiger partial charge in [0.1, 0.15) is 72.2 Å². The lowest BCUT2D eigenvalue weighted by Gasteiger charge is -2.28. The number of carbonyl (C=O) groups excluding carboxylic acids is 14. The lowest BCUT2D eigenvalue weighted by Crippen LogP contribution is -2.62. The van der Waals surface area contributed by atoms with Crippen LogP contribution in [0.15, 0.2) is 85.1 Å². The Hall–Kier alpha value is -16.4. The molecule has 14 amide bonds. The molecule has 0 aliphatic rings. The second-order valence-electron chi connectivity index (χ2n) is 33.0. The summed E-state index contributed by atoms with van der Waals surface area (Å²) in [7, 11) is 1.76. The molecule has 0 unspecified atom stereocenters. The number of carbonyl (C=O) groups is 15. The van der Waals surface area contributed by atoms with Crippen LogP contribution in [0.25, 0.3) is 11.2 Å². The lowest BCUT2D eigenvalue weighted by atomic mass is 10.0. The molecule has 0 saturated carbocycles. The molecule has 0 radical (unpaired) electrons. The number of benzene rings is 3. The summed E-state index contributed by atoms with van der Waals surface area (Å²) in [5.41, 5.74) is 47.6. The molecule has 0 bridgehead atoms. The van der Waals surface area contributed by atoms with Crippen molar-refractivity contribution in [3.63, 3.8) is 0 Å². The van der Waals surface area contributed by atoms with E-state index in [9.17, 15) is 92.3 Å². The molecule has 43 N–H and O–H groups in total. The first kappa shape index (κ1) is 115. The van der Waals surface area contributed by atoms with E-state index >= 15 is 0 Å². The number of aromatic nitrogens is 4. The molecule has 141 heavy (non-hydrogen) atoms. The number of aliphatic hydroxyl groups excluding tert-OH is 2. The van der Waals surface area contributed by atoms with Gasteiger partial charge in [-0.15, -0.1) is 0 Å². The van der Waals surface area contributed by atoms with E-state index in [1.54, 1.807) is 68.3 Å². The molecule has 0 aliphatic carbocycles. The van der Waals surface area contributed by atoms with Gasteiger partial charge in [-0.2, -0.15) is 9.97 Å². The number of guanidine groups is 5. The average molecular weight is 1970 g/mol. The topological polar surface area (TPSA) is 936 Å². The molecule has 3 aromatic carbocycles. The van der Waals surface area contributed by atoms with E-state index in [-0.39, 0.29) is 188 Å². The Balaban J connectivity index is 1.26. The van der Waals surface area contributed by atoms with Crippen molar-refractivity contribution in [1.82, 2.24) is 116 Å². The normalized spacial score (nSPS) is 13.2. The Kier molecular flexibility index (Phi) is 49.2. The Morgan fingerprint density at radius 2 is 0.759 bits per heavy atom. The maximum absolute atomic E-state index is 14.7. The van der Waals surface area contributed by atoms with E-state index in [1.807, 2.05) is 0 Å². The second kappa shape index (κ2) is 60.2. The number of aliphatic hydroxyl groups is 2. The van der Waals surface area contributed by atoms with Gasteiger partial charge in [0.2, 0.25) is 82.7 Å². The van der Waals surface area contributed by atoms with Crippen LogP contribution < -0.4 is 146 Å². The molecule has 0 aliphatic heterocycles. The number of hydrogen-bond donors (Lipinski definition) is 35. The number of aliphatic carboxylic acids is 1. The number of fused-ring (bicyclic) bond motifs is 1. The average Bonchev–Trinajstić information content (AvgIpc) is 0.803. The van der Waals surface area contributed by atoms with Crippen molar-refractivity contribution >= 4 is 147 Å². The molecule has 5 aromatic rings. The zero-order valence-electron chi connectivity index (χ0n) is 78.4. The summed E-state index contributed by atoms with van der Waals surface area (Å²) in [6.07, 6.45) is -1.42. The number of nitrogen functional groups attached to an aromatic ring is 2. The summed E-state index contributed by atoms with van der Waals surface area (Å²) >= 11 is 0. The molecule has 5 rings (SSSR count). The van der Waals surface area contributed by atoms with Crippen LogP contribution >= 0.6 is 0 Å². The van der Waals surface area contributed by atoms with Crippen molar-refractivity contribution in [2.24, 2.45) is 40.3 Å². The van der Waals surface area contributed by atoms with Crippen LogP contribution in [-0.4, -0.2) is 291 Å². The number of phenolic OH excluding ortho intramolecular Hbond substituents is 1. The van der Waals surface area contributed by atoms with E-state index in [1.165, 1.54) is 42.6 Å². The van der Waals surface area contributed by atoms with Gasteiger partial charge in [0.15, 0.2) is 46.8 Å². The molecule has 55 nitrogen and oxygen atoms in total. The number of nitrogens with two attached hydrogens (primary N) is 8. The lowest BCUT2D eigenvalue weighted by molar-refractivity contribution is -0.139. The van der Waals surface area contributed by atoms with Crippen LogP contribution in [0.4, 0.5) is 17.5 Å². The molecule has 2 heterocycles. The van der Waals surface area contributed by atoms with Gasteiger partial charge in [-0.05, 0) is 130 Å². The number of phenols is 1. The van der Waals surface area contributed by atoms with Crippen LogP contribution in [-0.2, 0) is 86.5 Å². The van der Waals surface area contributed by atoms with Gasteiger partial charge < -0.3 is 167 Å². The zero-order chi connectivity index (χ0) is 104. The number of nitrogens with zero attached hydrogens (tertiary/aromatic N) is 5. The summed E-state index contributed by atoms with van der Waals surface area (Å²) in [6.45, 7) is 0.671. The van der Waals surface area contributed by atoms with Crippen molar-refractivity contribution in [3.05, 3.63) is 107 Å². The maximum atomic E-state index is 14.7. The first-order chi connectivity index (χ1) is 66.9. The predicted molar refractivity (Wildman–Crippen MR) is 516 cm³/mol. The van der Waals surface area contributed by atoms with Crippen LogP contribution in [0.3, 0.4) is 0 Å². The molecule has 11 atom stereocenters. The Morgan fingerprint density at radius 1 is 0.390 bits per heavy atom. The molecular formula is C86H132N36O19. The smallest absolute Gasteiger partial charge is 0.326 e. The minimum atomic E-state index is -1.97. The Bertz CT molecular complexity index is 5120. The predicted octanol–water partition coefficient (Wildman–Crippen LogP) is -8.93. The van der Waals surface area contributed by atoms with Crippen LogP contribution in [0.2, 0.25) is 0 Å². The minimum Gasteiger partial charge on any atom is -0.508 e.